The first kappa shape index (κ1) is 16.1. The third-order valence-corrected chi connectivity index (χ3v) is 3.92. The Morgan fingerprint density at radius 3 is 2.58 bits per heavy atom. The molecule has 2 aromatic carbocycles. The van der Waals surface area contributed by atoms with Gasteiger partial charge in [-0.25, -0.2) is 9.82 Å². The number of furan rings is 1. The molecule has 1 aromatic heterocycles. The molecule has 1 heterocycles. The number of benzene rings is 2. The van der Waals surface area contributed by atoms with E-state index in [4.69, 9.17) is 4.42 Å². The summed E-state index contributed by atoms with van der Waals surface area (Å²) in [6.45, 7) is 0. The van der Waals surface area contributed by atoms with Crippen LogP contribution in [0.25, 0.3) is 11.3 Å². The Morgan fingerprint density at radius 2 is 1.83 bits per heavy atom. The average molecular weight is 387 g/mol. The Labute approximate surface area is 146 Å². The topological polar surface area (TPSA) is 54.6 Å². The molecule has 0 unspecified atom stereocenters. The van der Waals surface area contributed by atoms with Crippen molar-refractivity contribution in [3.63, 3.8) is 0 Å². The highest BCUT2D eigenvalue weighted by atomic mass is 79.9. The van der Waals surface area contributed by atoms with Crippen LogP contribution in [0.5, 0.6) is 0 Å². The lowest BCUT2D eigenvalue weighted by Gasteiger charge is -2.01. The molecule has 0 aliphatic carbocycles. The third-order valence-electron chi connectivity index (χ3n) is 3.23. The molecule has 0 aliphatic heterocycles. The van der Waals surface area contributed by atoms with Gasteiger partial charge in [0.1, 0.15) is 17.3 Å². The zero-order valence-electron chi connectivity index (χ0n) is 12.4. The number of halogens is 2. The summed E-state index contributed by atoms with van der Waals surface area (Å²) >= 11 is 3.31. The molecule has 120 valence electrons. The van der Waals surface area contributed by atoms with Crippen LogP contribution in [0.15, 0.2) is 74.7 Å². The summed E-state index contributed by atoms with van der Waals surface area (Å²) in [6, 6.07) is 16.5. The molecule has 1 amide bonds. The van der Waals surface area contributed by atoms with Crippen LogP contribution in [0.1, 0.15) is 16.1 Å². The minimum absolute atomic E-state index is 0.304. The van der Waals surface area contributed by atoms with Gasteiger partial charge in [-0.1, -0.05) is 12.1 Å². The molecule has 0 atom stereocenters. The van der Waals surface area contributed by atoms with Gasteiger partial charge in [0.2, 0.25) is 0 Å². The molecule has 0 bridgehead atoms. The number of rotatable bonds is 4. The van der Waals surface area contributed by atoms with Gasteiger partial charge in [-0.05, 0) is 64.5 Å². The molecule has 0 aliphatic rings. The smallest absolute Gasteiger partial charge is 0.272 e. The summed E-state index contributed by atoms with van der Waals surface area (Å²) in [4.78, 5) is 12.0. The van der Waals surface area contributed by atoms with Crippen molar-refractivity contribution in [2.24, 2.45) is 5.10 Å². The van der Waals surface area contributed by atoms with Crippen LogP contribution in [0, 0.1) is 5.82 Å². The number of hydrazone groups is 1. The lowest BCUT2D eigenvalue weighted by atomic mass is 10.2. The quantitative estimate of drug-likeness (QED) is 0.525. The number of amides is 1. The van der Waals surface area contributed by atoms with Crippen LogP contribution in [0.2, 0.25) is 0 Å². The second-order valence-corrected chi connectivity index (χ2v) is 5.74. The highest BCUT2D eigenvalue weighted by molar-refractivity contribution is 9.10. The number of carbonyl (C=O) groups excluding carboxylic acids is 1. The van der Waals surface area contributed by atoms with Crippen molar-refractivity contribution < 1.29 is 13.6 Å². The molecule has 0 spiro atoms. The zero-order valence-corrected chi connectivity index (χ0v) is 14.0. The van der Waals surface area contributed by atoms with Crippen molar-refractivity contribution in [1.82, 2.24) is 5.43 Å². The first-order valence-electron chi connectivity index (χ1n) is 7.07. The first-order valence-corrected chi connectivity index (χ1v) is 7.86. The van der Waals surface area contributed by atoms with Gasteiger partial charge in [0.25, 0.3) is 5.91 Å². The second kappa shape index (κ2) is 7.23. The lowest BCUT2D eigenvalue weighted by Crippen LogP contribution is -2.17. The van der Waals surface area contributed by atoms with Crippen molar-refractivity contribution in [2.75, 3.05) is 0 Å². The van der Waals surface area contributed by atoms with Crippen molar-refractivity contribution >= 4 is 28.1 Å². The van der Waals surface area contributed by atoms with Crippen molar-refractivity contribution in [2.45, 2.75) is 0 Å². The maximum absolute atomic E-state index is 12.9. The summed E-state index contributed by atoms with van der Waals surface area (Å²) in [5.41, 5.74) is 3.68. The van der Waals surface area contributed by atoms with Gasteiger partial charge in [0, 0.05) is 10.0 Å². The monoisotopic (exact) mass is 386 g/mol. The van der Waals surface area contributed by atoms with Crippen molar-refractivity contribution in [1.29, 1.82) is 0 Å². The number of carbonyl (C=O) groups is 1. The fourth-order valence-corrected chi connectivity index (χ4v) is 2.52. The van der Waals surface area contributed by atoms with E-state index in [0.29, 0.717) is 21.6 Å². The van der Waals surface area contributed by atoms with Gasteiger partial charge in [-0.3, -0.25) is 4.79 Å². The number of nitrogens with zero attached hydrogens (tertiary/aromatic N) is 1. The molecular weight excluding hydrogens is 375 g/mol. The molecule has 24 heavy (non-hydrogen) atoms. The summed E-state index contributed by atoms with van der Waals surface area (Å²) in [7, 11) is 0. The van der Waals surface area contributed by atoms with E-state index in [-0.39, 0.29) is 11.7 Å². The Hall–Kier alpha value is -2.73. The second-order valence-electron chi connectivity index (χ2n) is 4.89. The molecule has 6 heteroatoms. The maximum atomic E-state index is 12.9. The summed E-state index contributed by atoms with van der Waals surface area (Å²) in [5, 5.41) is 3.88. The Kier molecular flexibility index (Phi) is 4.86. The van der Waals surface area contributed by atoms with Gasteiger partial charge in [0.05, 0.1) is 11.8 Å². The number of hydrogen-bond donors (Lipinski definition) is 1. The molecule has 3 rings (SSSR count). The van der Waals surface area contributed by atoms with Gasteiger partial charge >= 0.3 is 0 Å². The van der Waals surface area contributed by atoms with Gasteiger partial charge in [-0.15, -0.1) is 0 Å². The van der Waals surface area contributed by atoms with Crippen LogP contribution in [0.4, 0.5) is 4.39 Å². The SMILES string of the molecule is O=C(N/N=C\c1ccc(-c2ccc(F)cc2)o1)c1ccccc1Br. The molecule has 0 radical (unpaired) electrons. The van der Waals surface area contributed by atoms with Gasteiger partial charge in [-0.2, -0.15) is 5.10 Å². The van der Waals surface area contributed by atoms with E-state index in [9.17, 15) is 9.18 Å². The van der Waals surface area contributed by atoms with E-state index in [1.807, 2.05) is 6.07 Å². The van der Waals surface area contributed by atoms with E-state index in [1.165, 1.54) is 18.3 Å². The molecule has 3 aromatic rings. The standard InChI is InChI=1S/C18H12BrFN2O2/c19-16-4-2-1-3-15(16)18(23)22-21-11-14-9-10-17(24-14)12-5-7-13(20)8-6-12/h1-11H,(H,22,23)/b21-11-. The fraction of sp³-hybridized carbons (Fsp3) is 0. The minimum atomic E-state index is -0.330. The predicted octanol–water partition coefficient (Wildman–Crippen LogP) is 4.61. The predicted molar refractivity (Wildman–Crippen MR) is 93.3 cm³/mol. The van der Waals surface area contributed by atoms with Gasteiger partial charge in [0.15, 0.2) is 0 Å². The molecular formula is C18H12BrFN2O2. The molecule has 0 saturated heterocycles. The largest absolute Gasteiger partial charge is 0.455 e. The number of nitrogens with one attached hydrogen (secondary N) is 1. The van der Waals surface area contributed by atoms with Crippen molar-refractivity contribution in [3.8, 4) is 11.3 Å². The van der Waals surface area contributed by atoms with E-state index in [2.05, 4.69) is 26.5 Å². The van der Waals surface area contributed by atoms with E-state index < -0.39 is 0 Å². The highest BCUT2D eigenvalue weighted by Gasteiger charge is 2.08. The van der Waals surface area contributed by atoms with E-state index in [1.54, 1.807) is 42.5 Å². The minimum Gasteiger partial charge on any atom is -0.455 e. The molecule has 0 fully saturated rings. The lowest BCUT2D eigenvalue weighted by molar-refractivity contribution is 0.0954. The van der Waals surface area contributed by atoms with E-state index in [0.717, 1.165) is 5.56 Å². The van der Waals surface area contributed by atoms with Crippen LogP contribution < -0.4 is 5.43 Å². The van der Waals surface area contributed by atoms with Crippen molar-refractivity contribution in [3.05, 3.63) is 82.3 Å². The molecule has 1 N–H and O–H groups in total. The Bertz CT molecular complexity index is 888. The fourth-order valence-electron chi connectivity index (χ4n) is 2.05. The van der Waals surface area contributed by atoms with Crippen LogP contribution in [-0.4, -0.2) is 12.1 Å². The van der Waals surface area contributed by atoms with Crippen LogP contribution in [-0.2, 0) is 0 Å². The Morgan fingerprint density at radius 1 is 1.08 bits per heavy atom. The van der Waals surface area contributed by atoms with Crippen LogP contribution in [0.3, 0.4) is 0 Å². The van der Waals surface area contributed by atoms with E-state index >= 15 is 0 Å². The molecule has 0 saturated carbocycles. The first-order chi connectivity index (χ1) is 11.6. The summed E-state index contributed by atoms with van der Waals surface area (Å²) in [6.07, 6.45) is 1.40. The summed E-state index contributed by atoms with van der Waals surface area (Å²) in [5.74, 6) is 0.432. The number of hydrogen-bond acceptors (Lipinski definition) is 3. The third kappa shape index (κ3) is 3.78. The average Bonchev–Trinajstić information content (AvgIpc) is 3.04. The zero-order chi connectivity index (χ0) is 16.9. The highest BCUT2D eigenvalue weighted by Crippen LogP contribution is 2.21. The van der Waals surface area contributed by atoms with Crippen LogP contribution >= 0.6 is 15.9 Å². The van der Waals surface area contributed by atoms with Gasteiger partial charge < -0.3 is 4.42 Å². The summed E-state index contributed by atoms with van der Waals surface area (Å²) < 4.78 is 19.2. The molecule has 4 nitrogen and oxygen atoms in total. The normalized spacial score (nSPS) is 10.9. The Balaban J connectivity index is 1.66. The maximum Gasteiger partial charge on any atom is 0.272 e.